The lowest BCUT2D eigenvalue weighted by Crippen LogP contribution is -2.29. The van der Waals surface area contributed by atoms with Crippen LogP contribution in [0.1, 0.15) is 52.9 Å². The second-order valence-corrected chi connectivity index (χ2v) is 6.34. The van der Waals surface area contributed by atoms with Crippen LogP contribution in [0.2, 0.25) is 0 Å². The zero-order valence-corrected chi connectivity index (χ0v) is 13.0. The van der Waals surface area contributed by atoms with Crippen molar-refractivity contribution in [1.82, 2.24) is 10.2 Å². The first-order valence-corrected chi connectivity index (χ1v) is 7.58. The highest BCUT2D eigenvalue weighted by Gasteiger charge is 2.17. The number of hydrogen-bond acceptors (Lipinski definition) is 4. The summed E-state index contributed by atoms with van der Waals surface area (Å²) < 4.78 is 5.16. The van der Waals surface area contributed by atoms with Gasteiger partial charge < -0.3 is 15.0 Å². The molecule has 0 saturated carbocycles. The predicted molar refractivity (Wildman–Crippen MR) is 78.4 cm³/mol. The van der Waals surface area contributed by atoms with E-state index in [0.29, 0.717) is 6.54 Å². The van der Waals surface area contributed by atoms with Crippen LogP contribution in [0.4, 0.5) is 0 Å². The number of carbonyl (C=O) groups is 2. The van der Waals surface area contributed by atoms with Crippen LogP contribution in [0.25, 0.3) is 0 Å². The zero-order chi connectivity index (χ0) is 15.0. The molecule has 5 heteroatoms. The molecule has 1 fully saturated rings. The molecular weight excluding hydrogens is 256 g/mol. The molecule has 0 aromatic heterocycles. The smallest absolute Gasteiger partial charge is 0.306 e. The summed E-state index contributed by atoms with van der Waals surface area (Å²) >= 11 is 0. The maximum absolute atomic E-state index is 11.6. The Morgan fingerprint density at radius 2 is 1.80 bits per heavy atom. The monoisotopic (exact) mass is 284 g/mol. The molecule has 0 atom stereocenters. The van der Waals surface area contributed by atoms with Gasteiger partial charge in [0.15, 0.2) is 0 Å². The quantitative estimate of drug-likeness (QED) is 0.571. The predicted octanol–water partition coefficient (Wildman–Crippen LogP) is 1.71. The van der Waals surface area contributed by atoms with Gasteiger partial charge >= 0.3 is 5.97 Å². The molecule has 0 unspecified atom stereocenters. The van der Waals surface area contributed by atoms with Crippen LogP contribution in [0, 0.1) is 0 Å². The summed E-state index contributed by atoms with van der Waals surface area (Å²) in [7, 11) is 0. The number of nitrogens with one attached hydrogen (secondary N) is 1. The van der Waals surface area contributed by atoms with Crippen molar-refractivity contribution in [2.45, 2.75) is 58.5 Å². The van der Waals surface area contributed by atoms with Gasteiger partial charge in [-0.15, -0.1) is 0 Å². The van der Waals surface area contributed by atoms with Crippen LogP contribution in [0.5, 0.6) is 0 Å². The Kier molecular flexibility index (Phi) is 6.99. The molecule has 0 bridgehead atoms. The zero-order valence-electron chi connectivity index (χ0n) is 13.0. The molecule has 1 aliphatic heterocycles. The van der Waals surface area contributed by atoms with Gasteiger partial charge in [-0.25, -0.2) is 0 Å². The van der Waals surface area contributed by atoms with Gasteiger partial charge in [0.25, 0.3) is 0 Å². The Morgan fingerprint density at radius 1 is 1.15 bits per heavy atom. The molecule has 1 amide bonds. The van der Waals surface area contributed by atoms with Crippen LogP contribution >= 0.6 is 0 Å². The van der Waals surface area contributed by atoms with Gasteiger partial charge in [0.05, 0.1) is 6.42 Å². The van der Waals surface area contributed by atoms with E-state index in [1.165, 1.54) is 25.9 Å². The molecular formula is C15H28N2O3. The third kappa shape index (κ3) is 8.15. The number of likely N-dealkylation sites (tertiary alicyclic amines) is 1. The van der Waals surface area contributed by atoms with Gasteiger partial charge in [-0.05, 0) is 59.7 Å². The number of amides is 1. The Hall–Kier alpha value is -1.10. The molecule has 1 aliphatic rings. The maximum Gasteiger partial charge on any atom is 0.306 e. The molecule has 116 valence electrons. The average molecular weight is 284 g/mol. The van der Waals surface area contributed by atoms with Crippen molar-refractivity contribution < 1.29 is 14.3 Å². The van der Waals surface area contributed by atoms with E-state index in [4.69, 9.17) is 4.74 Å². The summed E-state index contributed by atoms with van der Waals surface area (Å²) in [5.74, 6) is -0.387. The minimum Gasteiger partial charge on any atom is -0.460 e. The van der Waals surface area contributed by atoms with Crippen LogP contribution < -0.4 is 5.32 Å². The second-order valence-electron chi connectivity index (χ2n) is 6.34. The van der Waals surface area contributed by atoms with Gasteiger partial charge in [-0.3, -0.25) is 9.59 Å². The third-order valence-electron chi connectivity index (χ3n) is 3.15. The Bertz CT molecular complexity index is 318. The number of nitrogens with zero attached hydrogens (tertiary/aromatic N) is 1. The molecule has 1 N–H and O–H groups in total. The molecule has 5 nitrogen and oxygen atoms in total. The number of hydrogen-bond donors (Lipinski definition) is 1. The fourth-order valence-corrected chi connectivity index (χ4v) is 2.23. The minimum absolute atomic E-state index is 0.0720. The lowest BCUT2D eigenvalue weighted by atomic mass is 10.2. The molecule has 20 heavy (non-hydrogen) atoms. The lowest BCUT2D eigenvalue weighted by Gasteiger charge is -2.19. The van der Waals surface area contributed by atoms with Crippen LogP contribution in [0.15, 0.2) is 0 Å². The Balaban J connectivity index is 2.01. The molecule has 0 aromatic carbocycles. The summed E-state index contributed by atoms with van der Waals surface area (Å²) in [6.07, 6.45) is 3.91. The number of carbonyl (C=O) groups excluding carboxylic acids is 2. The van der Waals surface area contributed by atoms with Gasteiger partial charge in [0, 0.05) is 13.0 Å². The summed E-state index contributed by atoms with van der Waals surface area (Å²) in [5, 5.41) is 2.85. The van der Waals surface area contributed by atoms with Crippen LogP contribution in [0.3, 0.4) is 0 Å². The molecule has 0 aromatic rings. The van der Waals surface area contributed by atoms with Gasteiger partial charge in [0.2, 0.25) is 5.91 Å². The summed E-state index contributed by atoms with van der Waals surface area (Å²) in [6, 6.07) is 0. The highest BCUT2D eigenvalue weighted by molar-refractivity contribution is 5.81. The normalized spacial score (nSPS) is 16.1. The maximum atomic E-state index is 11.6. The van der Waals surface area contributed by atoms with E-state index in [-0.39, 0.29) is 24.7 Å². The molecule has 0 spiro atoms. The van der Waals surface area contributed by atoms with E-state index in [1.54, 1.807) is 0 Å². The summed E-state index contributed by atoms with van der Waals surface area (Å²) in [4.78, 5) is 25.5. The van der Waals surface area contributed by atoms with E-state index in [9.17, 15) is 9.59 Å². The van der Waals surface area contributed by atoms with Gasteiger partial charge in [-0.1, -0.05) is 0 Å². The van der Waals surface area contributed by atoms with Crippen molar-refractivity contribution in [1.29, 1.82) is 0 Å². The van der Waals surface area contributed by atoms with Crippen molar-refractivity contribution in [2.24, 2.45) is 0 Å². The fourth-order valence-electron chi connectivity index (χ4n) is 2.23. The third-order valence-corrected chi connectivity index (χ3v) is 3.15. The Morgan fingerprint density at radius 3 is 2.40 bits per heavy atom. The molecule has 1 saturated heterocycles. The van der Waals surface area contributed by atoms with E-state index in [2.05, 4.69) is 10.2 Å². The van der Waals surface area contributed by atoms with Gasteiger partial charge in [0.1, 0.15) is 5.60 Å². The average Bonchev–Trinajstić information content (AvgIpc) is 2.83. The Labute approximate surface area is 122 Å². The topological polar surface area (TPSA) is 58.6 Å². The molecule has 1 rings (SSSR count). The first-order chi connectivity index (χ1) is 9.37. The van der Waals surface area contributed by atoms with Gasteiger partial charge in [-0.2, -0.15) is 0 Å². The minimum atomic E-state index is -0.483. The van der Waals surface area contributed by atoms with Crippen molar-refractivity contribution >= 4 is 11.9 Å². The van der Waals surface area contributed by atoms with Crippen molar-refractivity contribution in [2.75, 3.05) is 26.2 Å². The highest BCUT2D eigenvalue weighted by Crippen LogP contribution is 2.09. The first kappa shape index (κ1) is 17.0. The molecule has 1 heterocycles. The number of rotatable bonds is 7. The van der Waals surface area contributed by atoms with E-state index in [0.717, 1.165) is 13.0 Å². The number of esters is 1. The molecule has 0 aliphatic carbocycles. The SMILES string of the molecule is CC(C)(C)OC(=O)CCC(=O)NCCCN1CCCC1. The van der Waals surface area contributed by atoms with E-state index < -0.39 is 5.60 Å². The van der Waals surface area contributed by atoms with Crippen molar-refractivity contribution in [3.05, 3.63) is 0 Å². The largest absolute Gasteiger partial charge is 0.460 e. The van der Waals surface area contributed by atoms with E-state index in [1.807, 2.05) is 20.8 Å². The van der Waals surface area contributed by atoms with Crippen molar-refractivity contribution in [3.8, 4) is 0 Å². The van der Waals surface area contributed by atoms with Crippen LogP contribution in [-0.2, 0) is 14.3 Å². The lowest BCUT2D eigenvalue weighted by molar-refractivity contribution is -0.155. The standard InChI is InChI=1S/C15H28N2O3/c1-15(2,3)20-14(19)8-7-13(18)16-9-6-12-17-10-4-5-11-17/h4-12H2,1-3H3,(H,16,18). The molecule has 0 radical (unpaired) electrons. The summed E-state index contributed by atoms with van der Waals surface area (Å²) in [5.41, 5.74) is -0.483. The summed E-state index contributed by atoms with van der Waals surface area (Å²) in [6.45, 7) is 9.57. The first-order valence-electron chi connectivity index (χ1n) is 7.58. The highest BCUT2D eigenvalue weighted by atomic mass is 16.6. The van der Waals surface area contributed by atoms with Crippen molar-refractivity contribution in [3.63, 3.8) is 0 Å². The fraction of sp³-hybridized carbons (Fsp3) is 0.867. The van der Waals surface area contributed by atoms with E-state index >= 15 is 0 Å². The number of ether oxygens (including phenoxy) is 1. The van der Waals surface area contributed by atoms with Crippen LogP contribution in [-0.4, -0.2) is 48.6 Å². The second kappa shape index (κ2) is 8.25.